The fourth-order valence-corrected chi connectivity index (χ4v) is 2.47. The maximum atomic E-state index is 12.0. The molecular formula is C18H24N4O2. The molecule has 1 aromatic carbocycles. The molecule has 1 heterocycles. The lowest BCUT2D eigenvalue weighted by molar-refractivity contribution is -0.117. The fraction of sp³-hybridized carbons (Fsp3) is 0.444. The normalized spacial score (nSPS) is 15.6. The van der Waals surface area contributed by atoms with Crippen LogP contribution in [0.2, 0.25) is 0 Å². The van der Waals surface area contributed by atoms with Crippen molar-refractivity contribution in [2.45, 2.75) is 13.5 Å². The molecule has 0 atom stereocenters. The Hall–Kier alpha value is -2.36. The van der Waals surface area contributed by atoms with E-state index in [1.165, 1.54) is 11.8 Å². The molecule has 6 nitrogen and oxygen atoms in total. The van der Waals surface area contributed by atoms with Gasteiger partial charge in [0.25, 0.3) is 5.91 Å². The number of nitrogens with zero attached hydrogens (tertiary/aromatic N) is 2. The van der Waals surface area contributed by atoms with Crippen molar-refractivity contribution in [3.8, 4) is 6.07 Å². The number of hydrogen-bond donors (Lipinski definition) is 2. The number of carbonyl (C=O) groups excluding carboxylic acids is 1. The highest BCUT2D eigenvalue weighted by Gasteiger charge is 2.12. The van der Waals surface area contributed by atoms with Crippen molar-refractivity contribution in [1.29, 1.82) is 5.26 Å². The van der Waals surface area contributed by atoms with E-state index in [1.807, 2.05) is 37.3 Å². The highest BCUT2D eigenvalue weighted by Crippen LogP contribution is 2.06. The Kier molecular flexibility index (Phi) is 7.27. The number of carbonyl (C=O) groups is 1. The van der Waals surface area contributed by atoms with E-state index < -0.39 is 0 Å². The molecule has 1 saturated heterocycles. The first-order chi connectivity index (χ1) is 11.7. The molecule has 0 aromatic heterocycles. The molecule has 0 saturated carbocycles. The summed E-state index contributed by atoms with van der Waals surface area (Å²) in [6.07, 6.45) is 1.48. The Bertz CT molecular complexity index is 616. The zero-order valence-corrected chi connectivity index (χ0v) is 14.0. The summed E-state index contributed by atoms with van der Waals surface area (Å²) in [5.41, 5.74) is 2.40. The molecule has 0 aliphatic carbocycles. The maximum absolute atomic E-state index is 12.0. The van der Waals surface area contributed by atoms with Gasteiger partial charge in [-0.15, -0.1) is 0 Å². The average Bonchev–Trinajstić information content (AvgIpc) is 2.61. The average molecular weight is 328 g/mol. The predicted molar refractivity (Wildman–Crippen MR) is 92.0 cm³/mol. The predicted octanol–water partition coefficient (Wildman–Crippen LogP) is 0.940. The lowest BCUT2D eigenvalue weighted by Crippen LogP contribution is -2.41. The summed E-state index contributed by atoms with van der Waals surface area (Å²) in [5.74, 6) is -0.344. The van der Waals surface area contributed by atoms with E-state index >= 15 is 0 Å². The van der Waals surface area contributed by atoms with Crippen molar-refractivity contribution in [2.75, 3.05) is 39.4 Å². The Morgan fingerprint density at radius 2 is 2.12 bits per heavy atom. The third kappa shape index (κ3) is 5.69. The van der Waals surface area contributed by atoms with Crippen molar-refractivity contribution >= 4 is 5.91 Å². The number of aryl methyl sites for hydroxylation is 1. The zero-order valence-electron chi connectivity index (χ0n) is 14.0. The molecule has 1 amide bonds. The van der Waals surface area contributed by atoms with Crippen LogP contribution in [0.25, 0.3) is 0 Å². The van der Waals surface area contributed by atoms with Crippen LogP contribution >= 0.6 is 0 Å². The zero-order chi connectivity index (χ0) is 17.2. The van der Waals surface area contributed by atoms with Gasteiger partial charge in [0, 0.05) is 38.9 Å². The quantitative estimate of drug-likeness (QED) is 0.575. The van der Waals surface area contributed by atoms with Gasteiger partial charge in [-0.2, -0.15) is 5.26 Å². The van der Waals surface area contributed by atoms with Crippen LogP contribution in [-0.4, -0.2) is 50.2 Å². The van der Waals surface area contributed by atoms with Crippen LogP contribution < -0.4 is 10.6 Å². The molecular weight excluding hydrogens is 304 g/mol. The first-order valence-electron chi connectivity index (χ1n) is 8.17. The van der Waals surface area contributed by atoms with Crippen molar-refractivity contribution in [2.24, 2.45) is 0 Å². The van der Waals surface area contributed by atoms with Crippen LogP contribution in [0.5, 0.6) is 0 Å². The number of morpholine rings is 1. The molecule has 1 aromatic rings. The fourth-order valence-electron chi connectivity index (χ4n) is 2.47. The summed E-state index contributed by atoms with van der Waals surface area (Å²) < 4.78 is 5.28. The summed E-state index contributed by atoms with van der Waals surface area (Å²) in [5, 5.41) is 15.0. The highest BCUT2D eigenvalue weighted by molar-refractivity contribution is 5.97. The molecule has 0 radical (unpaired) electrons. The van der Waals surface area contributed by atoms with E-state index in [9.17, 15) is 4.79 Å². The maximum Gasteiger partial charge on any atom is 0.263 e. The van der Waals surface area contributed by atoms with Gasteiger partial charge in [0.1, 0.15) is 11.6 Å². The summed E-state index contributed by atoms with van der Waals surface area (Å²) in [6, 6.07) is 9.95. The number of nitriles is 1. The second-order valence-electron chi connectivity index (χ2n) is 5.69. The molecule has 0 unspecified atom stereocenters. The van der Waals surface area contributed by atoms with Gasteiger partial charge in [-0.3, -0.25) is 9.69 Å². The Balaban J connectivity index is 1.76. The van der Waals surface area contributed by atoms with Gasteiger partial charge in [0.15, 0.2) is 0 Å². The number of amides is 1. The monoisotopic (exact) mass is 328 g/mol. The largest absolute Gasteiger partial charge is 0.386 e. The molecule has 1 aliphatic heterocycles. The van der Waals surface area contributed by atoms with E-state index in [1.54, 1.807) is 0 Å². The molecule has 1 aliphatic rings. The molecule has 2 rings (SSSR count). The second kappa shape index (κ2) is 9.71. The van der Waals surface area contributed by atoms with Crippen molar-refractivity contribution in [3.05, 3.63) is 47.2 Å². The van der Waals surface area contributed by atoms with Crippen molar-refractivity contribution in [3.63, 3.8) is 0 Å². The van der Waals surface area contributed by atoms with Gasteiger partial charge in [-0.25, -0.2) is 0 Å². The lowest BCUT2D eigenvalue weighted by atomic mass is 10.1. The first kappa shape index (κ1) is 18.0. The van der Waals surface area contributed by atoms with E-state index in [0.29, 0.717) is 13.1 Å². The minimum absolute atomic E-state index is 0.0885. The van der Waals surface area contributed by atoms with Crippen LogP contribution in [0.15, 0.2) is 36.0 Å². The standard InChI is InChI=1S/C18H24N4O2/c1-15-4-2-3-5-16(15)13-20-14-17(12-19)18(23)21-6-7-22-8-10-24-11-9-22/h2-5,14,20H,6-11,13H2,1H3,(H,21,23)/b17-14-. The SMILES string of the molecule is Cc1ccccc1CN/C=C(/C#N)C(=O)NCCN1CCOCC1. The minimum Gasteiger partial charge on any atom is -0.386 e. The van der Waals surface area contributed by atoms with E-state index in [4.69, 9.17) is 10.00 Å². The molecule has 1 fully saturated rings. The van der Waals surface area contributed by atoms with Crippen LogP contribution in [0.1, 0.15) is 11.1 Å². The number of benzene rings is 1. The number of nitrogens with one attached hydrogen (secondary N) is 2. The lowest BCUT2D eigenvalue weighted by Gasteiger charge is -2.26. The molecule has 2 N–H and O–H groups in total. The molecule has 0 bridgehead atoms. The number of ether oxygens (including phenoxy) is 1. The van der Waals surface area contributed by atoms with Gasteiger partial charge < -0.3 is 15.4 Å². The number of hydrogen-bond acceptors (Lipinski definition) is 5. The van der Waals surface area contributed by atoms with Gasteiger partial charge in [0.05, 0.1) is 13.2 Å². The molecule has 6 heteroatoms. The summed E-state index contributed by atoms with van der Waals surface area (Å²) in [4.78, 5) is 14.3. The van der Waals surface area contributed by atoms with E-state index in [2.05, 4.69) is 15.5 Å². The molecule has 0 spiro atoms. The summed E-state index contributed by atoms with van der Waals surface area (Å²) >= 11 is 0. The Morgan fingerprint density at radius 3 is 2.83 bits per heavy atom. The summed E-state index contributed by atoms with van der Waals surface area (Å²) in [7, 11) is 0. The van der Waals surface area contributed by atoms with E-state index in [0.717, 1.165) is 38.4 Å². The molecule has 128 valence electrons. The van der Waals surface area contributed by atoms with Gasteiger partial charge in [-0.1, -0.05) is 24.3 Å². The molecule has 24 heavy (non-hydrogen) atoms. The smallest absolute Gasteiger partial charge is 0.263 e. The first-order valence-corrected chi connectivity index (χ1v) is 8.17. The van der Waals surface area contributed by atoms with Crippen molar-refractivity contribution in [1.82, 2.24) is 15.5 Å². The van der Waals surface area contributed by atoms with Crippen LogP contribution in [-0.2, 0) is 16.1 Å². The van der Waals surface area contributed by atoms with Gasteiger partial charge >= 0.3 is 0 Å². The topological polar surface area (TPSA) is 77.4 Å². The summed E-state index contributed by atoms with van der Waals surface area (Å²) in [6.45, 7) is 7.15. The van der Waals surface area contributed by atoms with E-state index in [-0.39, 0.29) is 11.5 Å². The van der Waals surface area contributed by atoms with Crippen LogP contribution in [0.4, 0.5) is 0 Å². The minimum atomic E-state index is -0.344. The van der Waals surface area contributed by atoms with Crippen molar-refractivity contribution < 1.29 is 9.53 Å². The Labute approximate surface area is 143 Å². The number of rotatable bonds is 7. The highest BCUT2D eigenvalue weighted by atomic mass is 16.5. The van der Waals surface area contributed by atoms with Crippen LogP contribution in [0.3, 0.4) is 0 Å². The van der Waals surface area contributed by atoms with Gasteiger partial charge in [-0.05, 0) is 18.1 Å². The van der Waals surface area contributed by atoms with Gasteiger partial charge in [0.2, 0.25) is 0 Å². The second-order valence-corrected chi connectivity index (χ2v) is 5.69. The van der Waals surface area contributed by atoms with Crippen LogP contribution in [0, 0.1) is 18.3 Å². The third-order valence-corrected chi connectivity index (χ3v) is 3.98. The Morgan fingerprint density at radius 1 is 1.38 bits per heavy atom. The third-order valence-electron chi connectivity index (χ3n) is 3.98.